The summed E-state index contributed by atoms with van der Waals surface area (Å²) < 4.78 is 5.02. The minimum atomic E-state index is 0.333. The Balaban J connectivity index is 3.02. The van der Waals surface area contributed by atoms with Gasteiger partial charge in [0.1, 0.15) is 6.07 Å². The molecule has 2 radical (unpaired) electrons. The molecule has 1 nitrogen and oxygen atoms in total. The first-order valence-corrected chi connectivity index (χ1v) is 5.85. The maximum Gasteiger partial charge on any atom is 0.120 e. The molecule has 0 saturated heterocycles. The van der Waals surface area contributed by atoms with E-state index in [0.29, 0.717) is 11.5 Å². The predicted molar refractivity (Wildman–Crippen MR) is 51.5 cm³/mol. The number of ether oxygens (including phenoxy) is 1. The molecule has 0 aromatic carbocycles. The van der Waals surface area contributed by atoms with Gasteiger partial charge in [0.05, 0.1) is 0 Å². The van der Waals surface area contributed by atoms with E-state index in [2.05, 4.69) is 20.8 Å². The fourth-order valence-electron chi connectivity index (χ4n) is 0.662. The van der Waals surface area contributed by atoms with Crippen LogP contribution in [0.3, 0.4) is 0 Å². The molecule has 0 aliphatic rings. The van der Waals surface area contributed by atoms with Crippen LogP contribution >= 0.6 is 11.6 Å². The number of hydrogen-bond acceptors (Lipinski definition) is 1. The molecule has 0 spiro atoms. The van der Waals surface area contributed by atoms with Crippen LogP contribution in [0, 0.1) is 5.41 Å². The lowest BCUT2D eigenvalue weighted by atomic mass is 10.0. The van der Waals surface area contributed by atoms with Crippen molar-refractivity contribution in [3.63, 3.8) is 0 Å². The van der Waals surface area contributed by atoms with Crippen LogP contribution in [-0.2, 0) is 4.74 Å². The number of hydrogen-bond donors (Lipinski definition) is 0. The molecule has 0 amide bonds. The van der Waals surface area contributed by atoms with Crippen LogP contribution in [0.4, 0.5) is 0 Å². The Bertz CT molecular complexity index is 90.6. The van der Waals surface area contributed by atoms with E-state index in [9.17, 15) is 0 Å². The molecular formula is C8H17ClOSi. The SMILES string of the molecule is CC(C)(C)C[Si]CCOCCl. The second kappa shape index (κ2) is 6.04. The second-order valence-corrected chi connectivity index (χ2v) is 5.33. The van der Waals surface area contributed by atoms with Gasteiger partial charge in [-0.1, -0.05) is 38.4 Å². The van der Waals surface area contributed by atoms with E-state index in [4.69, 9.17) is 16.3 Å². The molecule has 0 heterocycles. The molecule has 0 aromatic rings. The zero-order valence-corrected chi connectivity index (χ0v) is 9.37. The highest BCUT2D eigenvalue weighted by atomic mass is 35.5. The van der Waals surface area contributed by atoms with Gasteiger partial charge in [0.2, 0.25) is 0 Å². The lowest BCUT2D eigenvalue weighted by Gasteiger charge is -2.16. The summed E-state index contributed by atoms with van der Waals surface area (Å²) in [5, 5.41) is 0. The Morgan fingerprint density at radius 3 is 2.45 bits per heavy atom. The van der Waals surface area contributed by atoms with Gasteiger partial charge in [-0.25, -0.2) is 0 Å². The highest BCUT2D eigenvalue weighted by Gasteiger charge is 2.08. The van der Waals surface area contributed by atoms with E-state index < -0.39 is 0 Å². The molecule has 0 aliphatic heterocycles. The largest absolute Gasteiger partial charge is 0.366 e. The van der Waals surface area contributed by atoms with E-state index in [1.165, 1.54) is 6.04 Å². The maximum absolute atomic E-state index is 5.35. The van der Waals surface area contributed by atoms with Crippen LogP contribution in [0.2, 0.25) is 12.1 Å². The van der Waals surface area contributed by atoms with Crippen LogP contribution in [0.25, 0.3) is 0 Å². The van der Waals surface area contributed by atoms with Crippen LogP contribution < -0.4 is 0 Å². The monoisotopic (exact) mass is 192 g/mol. The van der Waals surface area contributed by atoms with E-state index in [-0.39, 0.29) is 0 Å². The van der Waals surface area contributed by atoms with Crippen molar-refractivity contribution in [1.82, 2.24) is 0 Å². The minimum absolute atomic E-state index is 0.333. The lowest BCUT2D eigenvalue weighted by molar-refractivity contribution is 0.195. The van der Waals surface area contributed by atoms with E-state index in [0.717, 1.165) is 22.2 Å². The molecule has 3 heteroatoms. The van der Waals surface area contributed by atoms with Gasteiger partial charge in [0.15, 0.2) is 0 Å². The van der Waals surface area contributed by atoms with Crippen molar-refractivity contribution in [2.45, 2.75) is 32.9 Å². The quantitative estimate of drug-likeness (QED) is 0.370. The standard InChI is InChI=1S/C8H17ClOSi/c1-8(2,3)6-11-5-4-10-7-9/h4-7H2,1-3H3. The normalized spacial score (nSPS) is 12.0. The highest BCUT2D eigenvalue weighted by molar-refractivity contribution is 6.35. The molecule has 66 valence electrons. The number of alkyl halides is 1. The summed E-state index contributed by atoms with van der Waals surface area (Å²) in [6.45, 7) is 7.62. The zero-order chi connectivity index (χ0) is 8.74. The van der Waals surface area contributed by atoms with Crippen molar-refractivity contribution in [2.75, 3.05) is 12.7 Å². The van der Waals surface area contributed by atoms with Crippen molar-refractivity contribution in [3.05, 3.63) is 0 Å². The van der Waals surface area contributed by atoms with Crippen molar-refractivity contribution >= 4 is 21.1 Å². The lowest BCUT2D eigenvalue weighted by Crippen LogP contribution is -2.09. The average molecular weight is 193 g/mol. The van der Waals surface area contributed by atoms with Crippen LogP contribution in [0.1, 0.15) is 20.8 Å². The van der Waals surface area contributed by atoms with Gasteiger partial charge in [-0.15, -0.1) is 0 Å². The molecule has 0 atom stereocenters. The third-order valence-electron chi connectivity index (χ3n) is 1.16. The van der Waals surface area contributed by atoms with Gasteiger partial charge in [-0.05, 0) is 11.5 Å². The Morgan fingerprint density at radius 2 is 2.00 bits per heavy atom. The van der Waals surface area contributed by atoms with Gasteiger partial charge in [-0.2, -0.15) is 0 Å². The fraction of sp³-hybridized carbons (Fsp3) is 1.00. The predicted octanol–water partition coefficient (Wildman–Crippen LogP) is 2.79. The van der Waals surface area contributed by atoms with Crippen LogP contribution in [0.5, 0.6) is 0 Å². The van der Waals surface area contributed by atoms with Crippen molar-refractivity contribution in [2.24, 2.45) is 5.41 Å². The molecule has 0 saturated carbocycles. The molecule has 0 aliphatic carbocycles. The molecule has 0 aromatic heterocycles. The summed E-state index contributed by atoms with van der Waals surface area (Å²) in [7, 11) is 1.01. The summed E-state index contributed by atoms with van der Waals surface area (Å²) in [5.41, 5.74) is 0.472. The van der Waals surface area contributed by atoms with Gasteiger partial charge in [-0.3, -0.25) is 0 Å². The Labute approximate surface area is 77.3 Å². The summed E-state index contributed by atoms with van der Waals surface area (Å²) >= 11 is 5.35. The van der Waals surface area contributed by atoms with E-state index in [1.54, 1.807) is 0 Å². The smallest absolute Gasteiger partial charge is 0.120 e. The first-order chi connectivity index (χ1) is 5.06. The molecule has 0 fully saturated rings. The first-order valence-electron chi connectivity index (χ1n) is 3.91. The summed E-state index contributed by atoms with van der Waals surface area (Å²) in [6.07, 6.45) is 0. The topological polar surface area (TPSA) is 9.23 Å². The first kappa shape index (κ1) is 11.5. The molecule has 0 unspecified atom stereocenters. The molecule has 0 N–H and O–H groups in total. The second-order valence-electron chi connectivity index (χ2n) is 3.75. The average Bonchev–Trinajstić information content (AvgIpc) is 1.85. The molecule has 0 rings (SSSR count). The Hall–Kier alpha value is 0.467. The summed E-state index contributed by atoms with van der Waals surface area (Å²) in [5.74, 6) is 0. The van der Waals surface area contributed by atoms with Gasteiger partial charge in [0, 0.05) is 16.1 Å². The Morgan fingerprint density at radius 1 is 1.36 bits per heavy atom. The fourth-order valence-corrected chi connectivity index (χ4v) is 1.99. The summed E-state index contributed by atoms with van der Waals surface area (Å²) in [4.78, 5) is 0. The van der Waals surface area contributed by atoms with Gasteiger partial charge < -0.3 is 4.74 Å². The minimum Gasteiger partial charge on any atom is -0.366 e. The van der Waals surface area contributed by atoms with Crippen LogP contribution in [-0.4, -0.2) is 22.2 Å². The third kappa shape index (κ3) is 10.5. The number of rotatable bonds is 5. The molecule has 11 heavy (non-hydrogen) atoms. The van der Waals surface area contributed by atoms with Crippen LogP contribution in [0.15, 0.2) is 0 Å². The van der Waals surface area contributed by atoms with Crippen molar-refractivity contribution in [3.8, 4) is 0 Å². The maximum atomic E-state index is 5.35. The van der Waals surface area contributed by atoms with Crippen molar-refractivity contribution < 1.29 is 4.74 Å². The zero-order valence-electron chi connectivity index (χ0n) is 7.61. The summed E-state index contributed by atoms with van der Waals surface area (Å²) in [6, 6.07) is 2.78. The highest BCUT2D eigenvalue weighted by Crippen LogP contribution is 2.18. The molecule has 0 bridgehead atoms. The molecular weight excluding hydrogens is 176 g/mol. The Kier molecular flexibility index (Phi) is 6.29. The van der Waals surface area contributed by atoms with Crippen molar-refractivity contribution in [1.29, 1.82) is 0 Å². The van der Waals surface area contributed by atoms with E-state index >= 15 is 0 Å². The van der Waals surface area contributed by atoms with Gasteiger partial charge in [0.25, 0.3) is 0 Å². The van der Waals surface area contributed by atoms with E-state index in [1.807, 2.05) is 0 Å². The number of halogens is 1. The third-order valence-corrected chi connectivity index (χ3v) is 3.18. The van der Waals surface area contributed by atoms with Gasteiger partial charge >= 0.3 is 0 Å².